The van der Waals surface area contributed by atoms with E-state index in [0.29, 0.717) is 49.1 Å². The number of morpholine rings is 1. The quantitative estimate of drug-likeness (QED) is 0.417. The summed E-state index contributed by atoms with van der Waals surface area (Å²) >= 11 is 0. The van der Waals surface area contributed by atoms with Crippen molar-refractivity contribution in [3.05, 3.63) is 60.6 Å². The van der Waals surface area contributed by atoms with Crippen LogP contribution in [0.3, 0.4) is 0 Å². The highest BCUT2D eigenvalue weighted by Gasteiger charge is 2.32. The number of nitrogens with zero attached hydrogens (tertiary/aromatic N) is 6. The maximum Gasteiger partial charge on any atom is 0.433 e. The van der Waals surface area contributed by atoms with E-state index in [1.807, 2.05) is 4.90 Å². The topological polar surface area (TPSA) is 110 Å². The lowest BCUT2D eigenvalue weighted by Gasteiger charge is -2.25. The van der Waals surface area contributed by atoms with Crippen molar-refractivity contribution in [2.75, 3.05) is 43.5 Å². The van der Waals surface area contributed by atoms with Crippen molar-refractivity contribution in [3.8, 4) is 11.5 Å². The molecule has 186 valence electrons. The van der Waals surface area contributed by atoms with Crippen LogP contribution >= 0.6 is 0 Å². The van der Waals surface area contributed by atoms with Crippen LogP contribution in [0.2, 0.25) is 0 Å². The first-order valence-corrected chi connectivity index (χ1v) is 11.1. The number of amides is 1. The number of pyridine rings is 2. The molecule has 0 unspecified atom stereocenters. The molecular formula is C23H21F3N8O2. The SMILES string of the molecule is O=C(CN1CCOCC1)Nc1cc(Nc2nc(-c3cccc(C(F)(F)F)n3)nn3cccc23)ccn1. The maximum atomic E-state index is 13.1. The summed E-state index contributed by atoms with van der Waals surface area (Å²) in [6.45, 7) is 2.79. The highest BCUT2D eigenvalue weighted by molar-refractivity contribution is 5.92. The Hall–Kier alpha value is -4.10. The molecule has 0 bridgehead atoms. The molecular weight excluding hydrogens is 477 g/mol. The van der Waals surface area contributed by atoms with Gasteiger partial charge < -0.3 is 15.4 Å². The standard InChI is InChI=1S/C23H21F3N8O2/c24-23(25,26)18-5-1-3-16(29-18)21-31-22(17-4-2-8-34(17)32-21)28-15-6-7-27-19(13-15)30-20(35)14-33-9-11-36-12-10-33/h1-8,13H,9-12,14H2,(H2,27,28,30,31,32,35). The van der Waals surface area contributed by atoms with Gasteiger partial charge in [-0.3, -0.25) is 9.69 Å². The fraction of sp³-hybridized carbons (Fsp3) is 0.261. The van der Waals surface area contributed by atoms with Crippen molar-refractivity contribution in [2.45, 2.75) is 6.18 Å². The molecule has 0 aliphatic carbocycles. The minimum atomic E-state index is -4.59. The second kappa shape index (κ2) is 9.87. The van der Waals surface area contributed by atoms with Crippen LogP contribution in [0, 0.1) is 0 Å². The number of anilines is 3. The number of carbonyl (C=O) groups excluding carboxylic acids is 1. The Bertz CT molecular complexity index is 1390. The number of fused-ring (bicyclic) bond motifs is 1. The molecule has 0 atom stereocenters. The van der Waals surface area contributed by atoms with Crippen LogP contribution in [0.1, 0.15) is 5.69 Å². The van der Waals surface area contributed by atoms with Crippen LogP contribution in [-0.2, 0) is 15.7 Å². The molecule has 5 rings (SSSR count). The van der Waals surface area contributed by atoms with Gasteiger partial charge in [-0.25, -0.2) is 19.5 Å². The largest absolute Gasteiger partial charge is 0.433 e. The molecule has 4 aromatic heterocycles. The number of halogens is 3. The molecule has 1 aliphatic heterocycles. The van der Waals surface area contributed by atoms with Crippen molar-refractivity contribution in [1.82, 2.24) is 29.5 Å². The van der Waals surface area contributed by atoms with E-state index in [1.54, 1.807) is 30.5 Å². The maximum absolute atomic E-state index is 13.1. The Morgan fingerprint density at radius 3 is 2.72 bits per heavy atom. The van der Waals surface area contributed by atoms with Crippen LogP contribution in [0.5, 0.6) is 0 Å². The molecule has 13 heteroatoms. The van der Waals surface area contributed by atoms with E-state index in [-0.39, 0.29) is 24.0 Å². The minimum absolute atomic E-state index is 0.0143. The average molecular weight is 498 g/mol. The van der Waals surface area contributed by atoms with Gasteiger partial charge in [-0.15, -0.1) is 5.10 Å². The number of aromatic nitrogens is 5. The summed E-state index contributed by atoms with van der Waals surface area (Å²) in [5.74, 6) is 0.510. The Morgan fingerprint density at radius 1 is 1.08 bits per heavy atom. The zero-order valence-corrected chi connectivity index (χ0v) is 18.9. The van der Waals surface area contributed by atoms with Crippen molar-refractivity contribution < 1.29 is 22.7 Å². The lowest BCUT2D eigenvalue weighted by atomic mass is 10.3. The van der Waals surface area contributed by atoms with Crippen LogP contribution in [0.15, 0.2) is 54.9 Å². The van der Waals surface area contributed by atoms with E-state index < -0.39 is 11.9 Å². The van der Waals surface area contributed by atoms with E-state index in [2.05, 4.69) is 30.7 Å². The lowest BCUT2D eigenvalue weighted by Crippen LogP contribution is -2.41. The summed E-state index contributed by atoms with van der Waals surface area (Å²) < 4.78 is 46.2. The molecule has 1 amide bonds. The molecule has 0 radical (unpaired) electrons. The molecule has 1 aliphatic rings. The summed E-state index contributed by atoms with van der Waals surface area (Å²) in [6, 6.07) is 10.4. The monoisotopic (exact) mass is 498 g/mol. The Morgan fingerprint density at radius 2 is 1.92 bits per heavy atom. The van der Waals surface area contributed by atoms with Crippen LogP contribution < -0.4 is 10.6 Å². The molecule has 4 aromatic rings. The summed E-state index contributed by atoms with van der Waals surface area (Å²) in [7, 11) is 0. The van der Waals surface area contributed by atoms with Crippen LogP contribution in [-0.4, -0.2) is 68.2 Å². The van der Waals surface area contributed by atoms with E-state index in [9.17, 15) is 18.0 Å². The van der Waals surface area contributed by atoms with E-state index in [1.165, 1.54) is 22.8 Å². The van der Waals surface area contributed by atoms with E-state index in [4.69, 9.17) is 4.74 Å². The summed E-state index contributed by atoms with van der Waals surface area (Å²) in [5.41, 5.74) is 0.114. The molecule has 2 N–H and O–H groups in total. The first kappa shape index (κ1) is 23.6. The number of nitrogens with one attached hydrogen (secondary N) is 2. The molecule has 1 saturated heterocycles. The van der Waals surface area contributed by atoms with Crippen molar-refractivity contribution in [2.24, 2.45) is 0 Å². The zero-order chi connectivity index (χ0) is 25.1. The van der Waals surface area contributed by atoms with Crippen LogP contribution in [0.4, 0.5) is 30.5 Å². The first-order chi connectivity index (χ1) is 17.3. The van der Waals surface area contributed by atoms with Gasteiger partial charge in [0.1, 0.15) is 22.7 Å². The molecule has 0 spiro atoms. The average Bonchev–Trinajstić information content (AvgIpc) is 3.34. The summed E-state index contributed by atoms with van der Waals surface area (Å²) in [5, 5.41) is 10.2. The third kappa shape index (κ3) is 5.42. The number of hydrogen-bond donors (Lipinski definition) is 2. The Labute approximate surface area is 203 Å². The highest BCUT2D eigenvalue weighted by Crippen LogP contribution is 2.29. The van der Waals surface area contributed by atoms with Gasteiger partial charge >= 0.3 is 6.18 Å². The Balaban J connectivity index is 1.38. The molecule has 0 saturated carbocycles. The van der Waals surface area contributed by atoms with Gasteiger partial charge in [0.15, 0.2) is 5.82 Å². The van der Waals surface area contributed by atoms with Gasteiger partial charge in [0.25, 0.3) is 0 Å². The van der Waals surface area contributed by atoms with Gasteiger partial charge in [-0.05, 0) is 30.3 Å². The lowest BCUT2D eigenvalue weighted by molar-refractivity contribution is -0.141. The predicted octanol–water partition coefficient (Wildman–Crippen LogP) is 3.22. The molecule has 0 aromatic carbocycles. The van der Waals surface area contributed by atoms with Crippen molar-refractivity contribution >= 4 is 28.7 Å². The third-order valence-corrected chi connectivity index (χ3v) is 5.42. The van der Waals surface area contributed by atoms with Gasteiger partial charge in [0.2, 0.25) is 11.7 Å². The molecule has 10 nitrogen and oxygen atoms in total. The first-order valence-electron chi connectivity index (χ1n) is 11.1. The van der Waals surface area contributed by atoms with E-state index in [0.717, 1.165) is 6.07 Å². The fourth-order valence-corrected chi connectivity index (χ4v) is 3.71. The smallest absolute Gasteiger partial charge is 0.379 e. The minimum Gasteiger partial charge on any atom is -0.379 e. The normalized spacial score (nSPS) is 14.6. The molecule has 36 heavy (non-hydrogen) atoms. The van der Waals surface area contributed by atoms with Gasteiger partial charge in [0.05, 0.1) is 19.8 Å². The predicted molar refractivity (Wildman–Crippen MR) is 125 cm³/mol. The van der Waals surface area contributed by atoms with Crippen molar-refractivity contribution in [3.63, 3.8) is 0 Å². The van der Waals surface area contributed by atoms with Gasteiger partial charge in [0, 0.05) is 37.2 Å². The highest BCUT2D eigenvalue weighted by atomic mass is 19.4. The summed E-state index contributed by atoms with van der Waals surface area (Å²) in [4.78, 5) is 26.7. The van der Waals surface area contributed by atoms with Crippen molar-refractivity contribution in [1.29, 1.82) is 0 Å². The number of alkyl halides is 3. The van der Waals surface area contributed by atoms with Gasteiger partial charge in [-0.1, -0.05) is 6.07 Å². The number of carbonyl (C=O) groups is 1. The zero-order valence-electron chi connectivity index (χ0n) is 18.9. The third-order valence-electron chi connectivity index (χ3n) is 5.42. The van der Waals surface area contributed by atoms with E-state index >= 15 is 0 Å². The summed E-state index contributed by atoms with van der Waals surface area (Å²) in [6.07, 6.45) is -1.41. The molecule has 1 fully saturated rings. The fourth-order valence-electron chi connectivity index (χ4n) is 3.71. The Kier molecular flexibility index (Phi) is 6.48. The molecule has 5 heterocycles. The second-order valence-corrected chi connectivity index (χ2v) is 8.02. The number of hydrogen-bond acceptors (Lipinski definition) is 8. The number of rotatable bonds is 6. The number of ether oxygens (including phenoxy) is 1. The van der Waals surface area contributed by atoms with Crippen LogP contribution in [0.25, 0.3) is 17.0 Å². The second-order valence-electron chi connectivity index (χ2n) is 8.02. The van der Waals surface area contributed by atoms with Gasteiger partial charge in [-0.2, -0.15) is 13.2 Å².